The Morgan fingerprint density at radius 1 is 1.05 bits per heavy atom. The van der Waals surface area contributed by atoms with Crippen molar-refractivity contribution in [3.63, 3.8) is 0 Å². The Balaban J connectivity index is 0.00000176. The standard InChI is InChI=1S/C18H23NO2.ClH/c1-13-4-2-3-8-19(13)9-7-14-5-6-15-11-17(20)18(21)12-16(15)10-14;/h5-6,10-13,20-21H,2-4,7-9H2,1H3;1H. The molecule has 0 spiro atoms. The molecule has 0 aromatic heterocycles. The maximum Gasteiger partial charge on any atom is 0.158 e. The van der Waals surface area contributed by atoms with Crippen LogP contribution in [0.25, 0.3) is 10.8 Å². The molecule has 0 amide bonds. The van der Waals surface area contributed by atoms with Crippen molar-refractivity contribution in [1.82, 2.24) is 4.90 Å². The number of nitrogens with zero attached hydrogens (tertiary/aromatic N) is 1. The van der Waals surface area contributed by atoms with E-state index < -0.39 is 0 Å². The maximum absolute atomic E-state index is 9.62. The van der Waals surface area contributed by atoms with Crippen molar-refractivity contribution in [2.45, 2.75) is 38.6 Å². The van der Waals surface area contributed by atoms with Crippen molar-refractivity contribution >= 4 is 23.2 Å². The molecule has 2 N–H and O–H groups in total. The van der Waals surface area contributed by atoms with Crippen LogP contribution in [0.5, 0.6) is 11.5 Å². The number of fused-ring (bicyclic) bond motifs is 1. The molecule has 4 heteroatoms. The predicted octanol–water partition coefficient (Wildman–Crippen LogP) is 4.09. The third kappa shape index (κ3) is 3.65. The van der Waals surface area contributed by atoms with Crippen molar-refractivity contribution in [3.05, 3.63) is 35.9 Å². The highest BCUT2D eigenvalue weighted by Crippen LogP contribution is 2.30. The summed E-state index contributed by atoms with van der Waals surface area (Å²) in [5.41, 5.74) is 1.28. The van der Waals surface area contributed by atoms with Gasteiger partial charge >= 0.3 is 0 Å². The van der Waals surface area contributed by atoms with E-state index in [1.807, 2.05) is 6.07 Å². The normalized spacial score (nSPS) is 19.0. The van der Waals surface area contributed by atoms with Crippen LogP contribution in [0, 0.1) is 0 Å². The molecule has 2 aromatic rings. The molecule has 1 saturated heterocycles. The molecule has 1 unspecified atom stereocenters. The van der Waals surface area contributed by atoms with E-state index in [2.05, 4.69) is 24.0 Å². The third-order valence-electron chi connectivity index (χ3n) is 4.63. The minimum Gasteiger partial charge on any atom is -0.504 e. The van der Waals surface area contributed by atoms with Gasteiger partial charge in [-0.2, -0.15) is 0 Å². The number of phenols is 2. The summed E-state index contributed by atoms with van der Waals surface area (Å²) in [6.45, 7) is 4.63. The first-order valence-corrected chi connectivity index (χ1v) is 7.82. The van der Waals surface area contributed by atoms with Crippen LogP contribution in [0.1, 0.15) is 31.7 Å². The van der Waals surface area contributed by atoms with Crippen LogP contribution in [0.2, 0.25) is 0 Å². The molecule has 22 heavy (non-hydrogen) atoms. The molecule has 3 nitrogen and oxygen atoms in total. The Morgan fingerprint density at radius 2 is 1.77 bits per heavy atom. The van der Waals surface area contributed by atoms with E-state index in [0.29, 0.717) is 6.04 Å². The summed E-state index contributed by atoms with van der Waals surface area (Å²) in [4.78, 5) is 2.57. The minimum absolute atomic E-state index is 0. The summed E-state index contributed by atoms with van der Waals surface area (Å²) in [5.74, 6) is -0.110. The molecule has 120 valence electrons. The Kier molecular flexibility index (Phi) is 5.54. The van der Waals surface area contributed by atoms with E-state index in [1.165, 1.54) is 31.4 Å². The number of phenolic OH excluding ortho intramolecular Hbond substituents is 2. The Morgan fingerprint density at radius 3 is 2.50 bits per heavy atom. The monoisotopic (exact) mass is 321 g/mol. The second-order valence-electron chi connectivity index (χ2n) is 6.15. The number of rotatable bonds is 3. The molecular formula is C18H24ClNO2. The smallest absolute Gasteiger partial charge is 0.158 e. The van der Waals surface area contributed by atoms with E-state index in [9.17, 15) is 10.2 Å². The number of halogens is 1. The van der Waals surface area contributed by atoms with E-state index in [0.717, 1.165) is 23.7 Å². The zero-order valence-corrected chi connectivity index (χ0v) is 13.8. The summed E-state index contributed by atoms with van der Waals surface area (Å²) < 4.78 is 0. The summed E-state index contributed by atoms with van der Waals surface area (Å²) >= 11 is 0. The quantitative estimate of drug-likeness (QED) is 0.837. The van der Waals surface area contributed by atoms with Gasteiger partial charge in [-0.25, -0.2) is 0 Å². The second kappa shape index (κ2) is 7.21. The second-order valence-corrected chi connectivity index (χ2v) is 6.15. The minimum atomic E-state index is -0.0580. The SMILES string of the molecule is CC1CCCCN1CCc1ccc2cc(O)c(O)cc2c1.Cl. The maximum atomic E-state index is 9.62. The van der Waals surface area contributed by atoms with E-state index in [1.54, 1.807) is 12.1 Å². The molecule has 0 aliphatic carbocycles. The average Bonchev–Trinajstić information content (AvgIpc) is 2.48. The van der Waals surface area contributed by atoms with Gasteiger partial charge in [-0.15, -0.1) is 12.4 Å². The Labute approximate surface area is 138 Å². The predicted molar refractivity (Wildman–Crippen MR) is 93.1 cm³/mol. The fraction of sp³-hybridized carbons (Fsp3) is 0.444. The van der Waals surface area contributed by atoms with Gasteiger partial charge in [-0.3, -0.25) is 0 Å². The molecule has 3 rings (SSSR count). The van der Waals surface area contributed by atoms with Gasteiger partial charge in [0.2, 0.25) is 0 Å². The molecule has 1 fully saturated rings. The van der Waals surface area contributed by atoms with Crippen LogP contribution in [-0.2, 0) is 6.42 Å². The Hall–Kier alpha value is -1.45. The molecule has 1 atom stereocenters. The lowest BCUT2D eigenvalue weighted by molar-refractivity contribution is 0.163. The fourth-order valence-corrected chi connectivity index (χ4v) is 3.24. The number of hydrogen-bond acceptors (Lipinski definition) is 3. The first-order valence-electron chi connectivity index (χ1n) is 7.82. The lowest BCUT2D eigenvalue weighted by Crippen LogP contribution is -2.38. The molecule has 1 aliphatic rings. The molecule has 0 radical (unpaired) electrons. The van der Waals surface area contributed by atoms with Crippen molar-refractivity contribution in [3.8, 4) is 11.5 Å². The molecule has 0 bridgehead atoms. The third-order valence-corrected chi connectivity index (χ3v) is 4.63. The molecule has 1 aliphatic heterocycles. The van der Waals surface area contributed by atoms with Crippen molar-refractivity contribution in [1.29, 1.82) is 0 Å². The molecule has 0 saturated carbocycles. The van der Waals surface area contributed by atoms with Crippen LogP contribution >= 0.6 is 12.4 Å². The number of likely N-dealkylation sites (tertiary alicyclic amines) is 1. The molecule has 1 heterocycles. The fourth-order valence-electron chi connectivity index (χ4n) is 3.24. The number of benzene rings is 2. The van der Waals surface area contributed by atoms with E-state index >= 15 is 0 Å². The van der Waals surface area contributed by atoms with Crippen LogP contribution in [0.4, 0.5) is 0 Å². The largest absolute Gasteiger partial charge is 0.504 e. The zero-order valence-electron chi connectivity index (χ0n) is 13.0. The van der Waals surface area contributed by atoms with Crippen LogP contribution < -0.4 is 0 Å². The number of hydrogen-bond donors (Lipinski definition) is 2. The molecule has 2 aromatic carbocycles. The number of aromatic hydroxyl groups is 2. The van der Waals surface area contributed by atoms with Crippen LogP contribution in [0.15, 0.2) is 30.3 Å². The van der Waals surface area contributed by atoms with Gasteiger partial charge in [0.25, 0.3) is 0 Å². The Bertz CT molecular complexity index is 644. The summed E-state index contributed by atoms with van der Waals surface area (Å²) in [6.07, 6.45) is 5.01. The van der Waals surface area contributed by atoms with E-state index in [4.69, 9.17) is 0 Å². The zero-order chi connectivity index (χ0) is 14.8. The van der Waals surface area contributed by atoms with E-state index in [-0.39, 0.29) is 23.9 Å². The van der Waals surface area contributed by atoms with Crippen molar-refractivity contribution < 1.29 is 10.2 Å². The average molecular weight is 322 g/mol. The number of piperidine rings is 1. The van der Waals surface area contributed by atoms with Gasteiger partial charge in [0.1, 0.15) is 0 Å². The van der Waals surface area contributed by atoms with Crippen molar-refractivity contribution in [2.75, 3.05) is 13.1 Å². The summed E-state index contributed by atoms with van der Waals surface area (Å²) in [6, 6.07) is 10.2. The summed E-state index contributed by atoms with van der Waals surface area (Å²) in [5, 5.41) is 21.1. The lowest BCUT2D eigenvalue weighted by Gasteiger charge is -2.33. The highest BCUT2D eigenvalue weighted by atomic mass is 35.5. The van der Waals surface area contributed by atoms with Gasteiger partial charge in [0.05, 0.1) is 0 Å². The van der Waals surface area contributed by atoms with Crippen LogP contribution in [0.3, 0.4) is 0 Å². The van der Waals surface area contributed by atoms with Gasteiger partial charge in [0.15, 0.2) is 11.5 Å². The van der Waals surface area contributed by atoms with Gasteiger partial charge in [-0.1, -0.05) is 24.6 Å². The van der Waals surface area contributed by atoms with Crippen LogP contribution in [-0.4, -0.2) is 34.2 Å². The van der Waals surface area contributed by atoms with Gasteiger partial charge in [0, 0.05) is 12.6 Å². The highest BCUT2D eigenvalue weighted by Gasteiger charge is 2.17. The van der Waals surface area contributed by atoms with Crippen molar-refractivity contribution in [2.24, 2.45) is 0 Å². The molecular weight excluding hydrogens is 298 g/mol. The van der Waals surface area contributed by atoms with Gasteiger partial charge in [-0.05, 0) is 61.2 Å². The highest BCUT2D eigenvalue weighted by molar-refractivity contribution is 5.86. The van der Waals surface area contributed by atoms with Gasteiger partial charge < -0.3 is 15.1 Å². The summed E-state index contributed by atoms with van der Waals surface area (Å²) in [7, 11) is 0. The first kappa shape index (κ1) is 16.9. The first-order chi connectivity index (χ1) is 10.1. The lowest BCUT2D eigenvalue weighted by atomic mass is 10.0. The topological polar surface area (TPSA) is 43.7 Å².